The zero-order chi connectivity index (χ0) is 56.2. The van der Waals surface area contributed by atoms with Gasteiger partial charge in [0, 0.05) is 155 Å². The Labute approximate surface area is 525 Å². The van der Waals surface area contributed by atoms with E-state index >= 15 is 0 Å². The van der Waals surface area contributed by atoms with Crippen molar-refractivity contribution in [2.45, 2.75) is 80.8 Å². The summed E-state index contributed by atoms with van der Waals surface area (Å²) in [5, 5.41) is 6.27. The van der Waals surface area contributed by atoms with E-state index in [-0.39, 0.29) is 146 Å². The second kappa shape index (κ2) is 30.1. The molecular formula is C61H63F2I2N5O9W2-2. The molecule has 2 N–H and O–H groups in total. The van der Waals surface area contributed by atoms with Crippen LogP contribution in [0.5, 0.6) is 0 Å². The smallest absolute Gasteiger partial charge is 0.339 e. The van der Waals surface area contributed by atoms with Gasteiger partial charge in [0.25, 0.3) is 11.1 Å². The number of pyridine rings is 2. The summed E-state index contributed by atoms with van der Waals surface area (Å²) >= 11 is 4.06. The van der Waals surface area contributed by atoms with Gasteiger partial charge < -0.3 is 48.4 Å². The minimum absolute atomic E-state index is 0. The number of anilines is 1. The van der Waals surface area contributed by atoms with Crippen molar-refractivity contribution in [1.29, 1.82) is 0 Å². The molecule has 0 atom stereocenters. The standard InChI is InChI=1S/C30H29FIN3O5.C29H28FIN2O4.2CH3.2W/c1-16-24(14-20-9-10-22(32)15-25(20)31)27-28(40-30(16)39)26(21-7-6-8-23(13-21)33-18(3)36)17(2)35(29(27)38)12-11-34(5)19(4)37;1-16(34)12-19-6-5-7-21(13-19)25-18(3)33(11-10-32-4)28(35)26-23(17(2)29(36)37-27(25)26)14-20-8-9-22(31)15-24(20)30;;;;/h6-10,13,15H,11-12,14H2,1-5H3,(H,33,36);5-9,13,15,32H,10-12,14H2,1-4H3;2*1H3;;/q;;2*-1;;. The SMILES string of the molecule is CC(=O)Nc1cccc(-c2c(C)n(CCN(C)C(C)=O)c(=O)c3c(Cc4ccc(I)cc4F)c(C)c(=O)oc23)c1.CNCCn1c(C)c(-c2cccc(CC(C)=O)c2)c2oc(=O)c(C)c(Cc3ccc(I)cc3F)c2c1=O.[CH3-].[CH3-].[W].[W]. The van der Waals surface area contributed by atoms with Crippen LogP contribution in [-0.4, -0.2) is 58.8 Å². The maximum absolute atomic E-state index is 14.9. The van der Waals surface area contributed by atoms with Gasteiger partial charge in [-0.05, 0) is 162 Å². The fraction of sp³-hybridized carbons (Fsp3) is 0.262. The van der Waals surface area contributed by atoms with Crippen molar-refractivity contribution in [3.8, 4) is 22.3 Å². The molecule has 4 heterocycles. The van der Waals surface area contributed by atoms with Crippen molar-refractivity contribution in [3.63, 3.8) is 0 Å². The van der Waals surface area contributed by atoms with E-state index in [0.717, 1.165) is 18.3 Å². The monoisotopic (exact) mass is 1670 g/mol. The van der Waals surface area contributed by atoms with Gasteiger partial charge in [-0.2, -0.15) is 0 Å². The number of fused-ring (bicyclic) bond motifs is 2. The predicted octanol–water partition coefficient (Wildman–Crippen LogP) is 10.8. The van der Waals surface area contributed by atoms with Crippen molar-refractivity contribution < 1.29 is 74.1 Å². The van der Waals surface area contributed by atoms with Crippen LogP contribution in [0.25, 0.3) is 44.2 Å². The number of ketones is 1. The van der Waals surface area contributed by atoms with Crippen LogP contribution in [0.2, 0.25) is 0 Å². The second-order valence-electron chi connectivity index (χ2n) is 18.9. The molecule has 0 saturated heterocycles. The minimum Gasteiger partial charge on any atom is -0.422 e. The van der Waals surface area contributed by atoms with Crippen LogP contribution >= 0.6 is 45.2 Å². The number of nitrogens with zero attached hydrogens (tertiary/aromatic N) is 3. The van der Waals surface area contributed by atoms with Gasteiger partial charge in [0.05, 0.1) is 10.8 Å². The number of aromatic nitrogens is 2. The van der Waals surface area contributed by atoms with Crippen molar-refractivity contribution in [2.75, 3.05) is 32.5 Å². The molecule has 20 heteroatoms. The number of hydrogen-bond donors (Lipinski definition) is 2. The Morgan fingerprint density at radius 2 is 1.10 bits per heavy atom. The summed E-state index contributed by atoms with van der Waals surface area (Å²) in [6, 6.07) is 24.2. The van der Waals surface area contributed by atoms with E-state index < -0.39 is 28.4 Å². The van der Waals surface area contributed by atoms with Gasteiger partial charge in [-0.25, -0.2) is 18.4 Å². The summed E-state index contributed by atoms with van der Waals surface area (Å²) < 4.78 is 46.1. The number of carbonyl (C=O) groups is 3. The topological polar surface area (TPSA) is 183 Å². The quantitative estimate of drug-likeness (QED) is 0.0740. The summed E-state index contributed by atoms with van der Waals surface area (Å²) in [6.45, 7) is 12.5. The Bertz CT molecular complexity index is 3930. The van der Waals surface area contributed by atoms with Crippen LogP contribution in [0.4, 0.5) is 14.5 Å². The minimum atomic E-state index is -0.624. The number of amides is 2. The van der Waals surface area contributed by atoms with Crippen LogP contribution in [0.15, 0.2) is 113 Å². The van der Waals surface area contributed by atoms with Crippen LogP contribution in [0.1, 0.15) is 71.1 Å². The first-order chi connectivity index (χ1) is 36.5. The van der Waals surface area contributed by atoms with E-state index in [2.05, 4.69) is 10.6 Å². The molecule has 0 unspecified atom stereocenters. The number of rotatable bonds is 15. The fourth-order valence-corrected chi connectivity index (χ4v) is 10.3. The molecule has 8 rings (SSSR count). The molecule has 14 nitrogen and oxygen atoms in total. The van der Waals surface area contributed by atoms with E-state index in [1.165, 1.54) is 37.8 Å². The number of Topliss-reactive ketones (excluding diaryl/α,β-unsaturated/α-hetero) is 1. The van der Waals surface area contributed by atoms with E-state index in [4.69, 9.17) is 8.83 Å². The van der Waals surface area contributed by atoms with Gasteiger partial charge in [-0.1, -0.05) is 48.5 Å². The maximum atomic E-state index is 14.9. The van der Waals surface area contributed by atoms with E-state index in [1.807, 2.05) is 83.4 Å². The number of halogens is 4. The van der Waals surface area contributed by atoms with Gasteiger partial charge in [-0.15, -0.1) is 0 Å². The zero-order valence-corrected chi connectivity index (χ0v) is 57.1. The molecule has 0 bridgehead atoms. The van der Waals surface area contributed by atoms with E-state index in [9.17, 15) is 42.3 Å². The molecule has 0 aliphatic carbocycles. The second-order valence-corrected chi connectivity index (χ2v) is 21.4. The summed E-state index contributed by atoms with van der Waals surface area (Å²) in [5.41, 5.74) is 5.41. The average Bonchev–Trinajstić information content (AvgIpc) is 3.46. The van der Waals surface area contributed by atoms with Crippen molar-refractivity contribution in [2.24, 2.45) is 0 Å². The molecule has 81 heavy (non-hydrogen) atoms. The molecule has 2 amide bonds. The number of carbonyl (C=O) groups excluding carboxylic acids is 3. The van der Waals surface area contributed by atoms with Crippen LogP contribution in [0, 0.1) is 61.3 Å². The molecule has 0 aliphatic rings. The summed E-state index contributed by atoms with van der Waals surface area (Å²) in [5.74, 6) is -1.20. The Morgan fingerprint density at radius 1 is 0.642 bits per heavy atom. The van der Waals surface area contributed by atoms with Crippen LogP contribution in [0.3, 0.4) is 0 Å². The van der Waals surface area contributed by atoms with Crippen molar-refractivity contribution >= 4 is 90.4 Å². The third-order valence-electron chi connectivity index (χ3n) is 13.6. The van der Waals surface area contributed by atoms with Crippen molar-refractivity contribution in [1.82, 2.24) is 19.4 Å². The Balaban J connectivity index is 0.000000406. The average molecular weight is 1670 g/mol. The summed E-state index contributed by atoms with van der Waals surface area (Å²) in [6.07, 6.45) is 0.350. The molecule has 4 aromatic carbocycles. The van der Waals surface area contributed by atoms with Gasteiger partial charge >= 0.3 is 11.3 Å². The number of hydrogen-bond acceptors (Lipinski definition) is 10. The molecule has 0 saturated carbocycles. The van der Waals surface area contributed by atoms with Crippen molar-refractivity contribution in [3.05, 3.63) is 210 Å². The molecule has 4 aromatic heterocycles. The molecule has 0 fully saturated rings. The zero-order valence-electron chi connectivity index (χ0n) is 46.9. The van der Waals surface area contributed by atoms with Crippen LogP contribution < -0.4 is 33.0 Å². The van der Waals surface area contributed by atoms with E-state index in [0.29, 0.717) is 69.1 Å². The molecule has 8 aromatic rings. The summed E-state index contributed by atoms with van der Waals surface area (Å²) in [7, 11) is 3.46. The largest absolute Gasteiger partial charge is 0.422 e. The third kappa shape index (κ3) is 15.8. The number of likely N-dealkylation sites (N-methyl/N-ethyl adjacent to an activating group) is 2. The maximum Gasteiger partial charge on any atom is 0.339 e. The summed E-state index contributed by atoms with van der Waals surface area (Å²) in [4.78, 5) is 91.0. The van der Waals surface area contributed by atoms with Gasteiger partial charge in [0.1, 0.15) is 17.4 Å². The van der Waals surface area contributed by atoms with Crippen LogP contribution in [-0.2, 0) is 88.9 Å². The van der Waals surface area contributed by atoms with Gasteiger partial charge in [-0.3, -0.25) is 24.0 Å². The van der Waals surface area contributed by atoms with Gasteiger partial charge in [0.15, 0.2) is 11.2 Å². The first-order valence-electron chi connectivity index (χ1n) is 24.6. The molecule has 428 valence electrons. The van der Waals surface area contributed by atoms with Gasteiger partial charge in [0.2, 0.25) is 11.8 Å². The Hall–Kier alpha value is -5.53. The molecular weight excluding hydrogens is 1610 g/mol. The number of nitrogens with one attached hydrogen (secondary N) is 2. The normalized spacial score (nSPS) is 10.6. The Morgan fingerprint density at radius 3 is 1.53 bits per heavy atom. The fourth-order valence-electron chi connectivity index (χ4n) is 9.40. The molecule has 0 radical (unpaired) electrons. The Kier molecular flexibility index (Phi) is 26.0. The third-order valence-corrected chi connectivity index (χ3v) is 14.9. The molecule has 0 spiro atoms. The first-order valence-corrected chi connectivity index (χ1v) is 26.8. The first kappa shape index (κ1) is 69.7. The van der Waals surface area contributed by atoms with E-state index in [1.54, 1.807) is 85.5 Å². The number of benzene rings is 4. The molecule has 0 aliphatic heterocycles. The predicted molar refractivity (Wildman–Crippen MR) is 326 cm³/mol.